The van der Waals surface area contributed by atoms with Gasteiger partial charge in [-0.1, -0.05) is 13.5 Å². The first kappa shape index (κ1) is 24.4. The fourth-order valence-electron chi connectivity index (χ4n) is 1.61. The lowest BCUT2D eigenvalue weighted by atomic mass is 9.91. The number of unbranched alkanes of at least 4 members (excludes halogenated alkanes) is 1. The van der Waals surface area contributed by atoms with Crippen molar-refractivity contribution in [1.82, 2.24) is 0 Å². The van der Waals surface area contributed by atoms with Crippen molar-refractivity contribution in [2.24, 2.45) is 5.41 Å². The molecule has 0 rings (SSSR count). The number of esters is 1. The summed E-state index contributed by atoms with van der Waals surface area (Å²) in [6.07, 6.45) is 2.72. The lowest BCUT2D eigenvalue weighted by Gasteiger charge is -2.23. The van der Waals surface area contributed by atoms with E-state index in [1.165, 1.54) is 6.26 Å². The van der Waals surface area contributed by atoms with E-state index in [1.54, 1.807) is 0 Å². The lowest BCUT2D eigenvalue weighted by Crippen LogP contribution is -2.33. The number of carbonyl (C=O) groups excluding carboxylic acids is 1. The first-order valence-electron chi connectivity index (χ1n) is 8.72. The third-order valence-corrected chi connectivity index (χ3v) is 3.73. The third-order valence-electron chi connectivity index (χ3n) is 3.73. The minimum atomic E-state index is -0.822. The SMILES string of the molecule is C=COCOCC(COC(=O)C(C)(C)CC)OCOCCCCC(=O)O. The molecule has 0 spiro atoms. The van der Waals surface area contributed by atoms with Crippen LogP contribution < -0.4 is 0 Å². The molecule has 26 heavy (non-hydrogen) atoms. The summed E-state index contributed by atoms with van der Waals surface area (Å²) >= 11 is 0. The van der Waals surface area contributed by atoms with Crippen LogP contribution in [0.3, 0.4) is 0 Å². The molecule has 1 N–H and O–H groups in total. The van der Waals surface area contributed by atoms with Crippen LogP contribution >= 0.6 is 0 Å². The highest BCUT2D eigenvalue weighted by molar-refractivity contribution is 5.75. The van der Waals surface area contributed by atoms with Crippen LogP contribution in [0.5, 0.6) is 0 Å². The first-order valence-corrected chi connectivity index (χ1v) is 8.72. The minimum Gasteiger partial charge on any atom is -0.481 e. The summed E-state index contributed by atoms with van der Waals surface area (Å²) in [6.45, 7) is 9.58. The quantitative estimate of drug-likeness (QED) is 0.179. The van der Waals surface area contributed by atoms with Gasteiger partial charge in [0.05, 0.1) is 18.3 Å². The van der Waals surface area contributed by atoms with Gasteiger partial charge in [0, 0.05) is 13.0 Å². The van der Waals surface area contributed by atoms with Crippen LogP contribution in [0.1, 0.15) is 46.5 Å². The maximum Gasteiger partial charge on any atom is 0.311 e. The van der Waals surface area contributed by atoms with Gasteiger partial charge in [0.1, 0.15) is 19.5 Å². The number of rotatable bonds is 17. The largest absolute Gasteiger partial charge is 0.481 e. The highest BCUT2D eigenvalue weighted by Gasteiger charge is 2.28. The Kier molecular flexibility index (Phi) is 13.6. The Labute approximate surface area is 155 Å². The highest BCUT2D eigenvalue weighted by Crippen LogP contribution is 2.21. The van der Waals surface area contributed by atoms with E-state index in [-0.39, 0.29) is 39.2 Å². The average Bonchev–Trinajstić information content (AvgIpc) is 2.60. The van der Waals surface area contributed by atoms with E-state index >= 15 is 0 Å². The molecular weight excluding hydrogens is 344 g/mol. The molecule has 8 heteroatoms. The second kappa shape index (κ2) is 14.5. The molecule has 0 heterocycles. The molecule has 1 unspecified atom stereocenters. The Morgan fingerprint density at radius 3 is 2.50 bits per heavy atom. The molecule has 0 saturated heterocycles. The maximum atomic E-state index is 12.0. The minimum absolute atomic E-state index is 0.00185. The molecule has 0 aliphatic heterocycles. The number of carboxylic acid groups (broad SMARTS) is 1. The molecule has 8 nitrogen and oxygen atoms in total. The van der Waals surface area contributed by atoms with Gasteiger partial charge in [-0.2, -0.15) is 0 Å². The Bertz CT molecular complexity index is 408. The summed E-state index contributed by atoms with van der Waals surface area (Å²) in [5.41, 5.74) is -0.558. The van der Waals surface area contributed by atoms with Crippen LogP contribution in [0, 0.1) is 5.41 Å². The van der Waals surface area contributed by atoms with Crippen LogP contribution in [0.15, 0.2) is 12.8 Å². The van der Waals surface area contributed by atoms with Gasteiger partial charge < -0.3 is 28.8 Å². The molecule has 0 radical (unpaired) electrons. The number of aliphatic carboxylic acids is 1. The predicted octanol–water partition coefficient (Wildman–Crippen LogP) is 2.71. The molecule has 0 fully saturated rings. The fourth-order valence-corrected chi connectivity index (χ4v) is 1.61. The van der Waals surface area contributed by atoms with Crippen LogP contribution in [0.25, 0.3) is 0 Å². The van der Waals surface area contributed by atoms with E-state index < -0.39 is 17.5 Å². The predicted molar refractivity (Wildman–Crippen MR) is 94.3 cm³/mol. The Morgan fingerprint density at radius 2 is 1.88 bits per heavy atom. The summed E-state index contributed by atoms with van der Waals surface area (Å²) in [5, 5.41) is 8.55. The van der Waals surface area contributed by atoms with E-state index in [1.807, 2.05) is 20.8 Å². The normalized spacial score (nSPS) is 12.4. The van der Waals surface area contributed by atoms with E-state index in [0.29, 0.717) is 25.9 Å². The Morgan fingerprint density at radius 1 is 1.15 bits per heavy atom. The summed E-state index contributed by atoms with van der Waals surface area (Å²) in [5.74, 6) is -1.12. The zero-order chi connectivity index (χ0) is 19.8. The van der Waals surface area contributed by atoms with Crippen LogP contribution in [-0.2, 0) is 33.3 Å². The molecule has 0 aromatic heterocycles. The van der Waals surface area contributed by atoms with Crippen molar-refractivity contribution in [2.45, 2.75) is 52.6 Å². The van der Waals surface area contributed by atoms with Crippen molar-refractivity contribution in [2.75, 3.05) is 33.4 Å². The topological polar surface area (TPSA) is 101 Å². The van der Waals surface area contributed by atoms with Gasteiger partial charge in [-0.15, -0.1) is 0 Å². The second-order valence-corrected chi connectivity index (χ2v) is 6.32. The highest BCUT2D eigenvalue weighted by atomic mass is 16.7. The van der Waals surface area contributed by atoms with Crippen LogP contribution in [0.2, 0.25) is 0 Å². The second-order valence-electron chi connectivity index (χ2n) is 6.32. The number of carbonyl (C=O) groups is 2. The number of hydrogen-bond acceptors (Lipinski definition) is 7. The molecule has 152 valence electrons. The molecule has 0 aliphatic rings. The van der Waals surface area contributed by atoms with Gasteiger partial charge in [0.15, 0.2) is 6.79 Å². The zero-order valence-corrected chi connectivity index (χ0v) is 16.0. The van der Waals surface area contributed by atoms with Crippen molar-refractivity contribution in [3.8, 4) is 0 Å². The van der Waals surface area contributed by atoms with E-state index in [2.05, 4.69) is 6.58 Å². The molecule has 0 bridgehead atoms. The number of hydrogen-bond donors (Lipinski definition) is 1. The zero-order valence-electron chi connectivity index (χ0n) is 16.0. The maximum absolute atomic E-state index is 12.0. The Hall–Kier alpha value is -1.64. The van der Waals surface area contributed by atoms with Gasteiger partial charge in [0.25, 0.3) is 0 Å². The summed E-state index contributed by atoms with van der Waals surface area (Å²) in [7, 11) is 0. The van der Waals surface area contributed by atoms with E-state index in [4.69, 9.17) is 28.8 Å². The molecule has 0 aromatic carbocycles. The van der Waals surface area contributed by atoms with Gasteiger partial charge in [-0.25, -0.2) is 0 Å². The lowest BCUT2D eigenvalue weighted by molar-refractivity contribution is -0.170. The fraction of sp³-hybridized carbons (Fsp3) is 0.778. The van der Waals surface area contributed by atoms with Crippen molar-refractivity contribution in [3.05, 3.63) is 12.8 Å². The van der Waals surface area contributed by atoms with Gasteiger partial charge >= 0.3 is 11.9 Å². The molecule has 0 aliphatic carbocycles. The van der Waals surface area contributed by atoms with Crippen molar-refractivity contribution < 1.29 is 38.4 Å². The van der Waals surface area contributed by atoms with Crippen LogP contribution in [-0.4, -0.2) is 56.6 Å². The molecule has 1 atom stereocenters. The number of carboxylic acids is 1. The molecule has 0 amide bonds. The van der Waals surface area contributed by atoms with E-state index in [9.17, 15) is 9.59 Å². The van der Waals surface area contributed by atoms with Gasteiger partial charge in [0.2, 0.25) is 0 Å². The standard InChI is InChI=1S/C18H32O8/c1-5-18(3,4)17(21)25-12-15(11-24-13-22-6-2)26-14-23-10-8-7-9-16(19)20/h6,15H,2,5,7-14H2,1,3-4H3,(H,19,20). The molecule has 0 saturated carbocycles. The van der Waals surface area contributed by atoms with Crippen molar-refractivity contribution in [3.63, 3.8) is 0 Å². The smallest absolute Gasteiger partial charge is 0.311 e. The molecule has 0 aromatic rings. The monoisotopic (exact) mass is 376 g/mol. The van der Waals surface area contributed by atoms with Gasteiger partial charge in [-0.05, 0) is 33.1 Å². The summed E-state index contributed by atoms with van der Waals surface area (Å²) < 4.78 is 26.3. The van der Waals surface area contributed by atoms with E-state index in [0.717, 1.165) is 0 Å². The summed E-state index contributed by atoms with van der Waals surface area (Å²) in [6, 6.07) is 0. The van der Waals surface area contributed by atoms with Crippen molar-refractivity contribution >= 4 is 11.9 Å². The van der Waals surface area contributed by atoms with Gasteiger partial charge in [-0.3, -0.25) is 9.59 Å². The third kappa shape index (κ3) is 12.7. The van der Waals surface area contributed by atoms with Crippen molar-refractivity contribution in [1.29, 1.82) is 0 Å². The Balaban J connectivity index is 4.15. The number of ether oxygens (including phenoxy) is 5. The summed E-state index contributed by atoms with van der Waals surface area (Å²) in [4.78, 5) is 22.5. The average molecular weight is 376 g/mol. The molecular formula is C18H32O8. The van der Waals surface area contributed by atoms with Crippen LogP contribution in [0.4, 0.5) is 0 Å². The first-order chi connectivity index (χ1) is 12.3.